The fraction of sp³-hybridized carbons (Fsp3) is 0.167. The molecule has 0 spiro atoms. The van der Waals surface area contributed by atoms with Crippen LogP contribution in [0.3, 0.4) is 0 Å². The second kappa shape index (κ2) is 4.12. The zero-order chi connectivity index (χ0) is 6.41. The molecule has 0 aliphatic heterocycles. The molecule has 0 aliphatic rings. The van der Waals surface area contributed by atoms with E-state index in [4.69, 9.17) is 5.11 Å². The summed E-state index contributed by atoms with van der Waals surface area (Å²) in [7, 11) is 0. The molecular formula is C6H8O2. The van der Waals surface area contributed by atoms with Crippen LogP contribution in [0.1, 0.15) is 6.92 Å². The molecule has 0 amide bonds. The quantitative estimate of drug-likeness (QED) is 0.331. The van der Waals surface area contributed by atoms with Gasteiger partial charge in [0.2, 0.25) is 0 Å². The average molecular weight is 112 g/mol. The fourth-order valence-electron chi connectivity index (χ4n) is 0.241. The van der Waals surface area contributed by atoms with Gasteiger partial charge in [-0.25, -0.2) is 0 Å². The van der Waals surface area contributed by atoms with Crippen LogP contribution >= 0.6 is 0 Å². The van der Waals surface area contributed by atoms with Crippen molar-refractivity contribution in [2.45, 2.75) is 6.92 Å². The molecule has 0 aliphatic carbocycles. The Bertz CT molecular complexity index is 122. The first-order valence-electron chi connectivity index (χ1n) is 2.25. The summed E-state index contributed by atoms with van der Waals surface area (Å²) in [6.45, 7) is 1.45. The van der Waals surface area contributed by atoms with E-state index in [2.05, 4.69) is 0 Å². The average Bonchev–Trinajstić information content (AvgIpc) is 1.66. The number of aliphatic hydroxyl groups is 1. The third-order valence-corrected chi connectivity index (χ3v) is 0.528. The van der Waals surface area contributed by atoms with Crippen LogP contribution in [0.2, 0.25) is 0 Å². The van der Waals surface area contributed by atoms with Gasteiger partial charge in [-0.3, -0.25) is 4.79 Å². The standard InChI is InChI=1S/C6H8O2/c1-6(8)4-2-3-5-7/h2-5,7H,1H3. The lowest BCUT2D eigenvalue weighted by molar-refractivity contribution is -0.112. The Morgan fingerprint density at radius 2 is 2.12 bits per heavy atom. The van der Waals surface area contributed by atoms with Gasteiger partial charge in [0.25, 0.3) is 0 Å². The molecule has 0 aromatic rings. The van der Waals surface area contributed by atoms with Gasteiger partial charge < -0.3 is 5.11 Å². The zero-order valence-corrected chi connectivity index (χ0v) is 4.66. The van der Waals surface area contributed by atoms with Crippen molar-refractivity contribution in [2.75, 3.05) is 0 Å². The van der Waals surface area contributed by atoms with Gasteiger partial charge in [0.1, 0.15) is 0 Å². The molecule has 0 saturated heterocycles. The van der Waals surface area contributed by atoms with Crippen molar-refractivity contribution in [3.05, 3.63) is 24.5 Å². The Kier molecular flexibility index (Phi) is 3.58. The molecule has 0 rings (SSSR count). The molecule has 2 heteroatoms. The van der Waals surface area contributed by atoms with Gasteiger partial charge in [-0.05, 0) is 19.1 Å². The minimum absolute atomic E-state index is 0.0249. The summed E-state index contributed by atoms with van der Waals surface area (Å²) in [6.07, 6.45) is 5.09. The maximum Gasteiger partial charge on any atom is 0.152 e. The van der Waals surface area contributed by atoms with Gasteiger partial charge in [0, 0.05) is 0 Å². The maximum absolute atomic E-state index is 10.1. The molecule has 0 radical (unpaired) electrons. The van der Waals surface area contributed by atoms with Crippen molar-refractivity contribution in [3.8, 4) is 0 Å². The Morgan fingerprint density at radius 3 is 2.50 bits per heavy atom. The molecule has 0 aromatic heterocycles. The van der Waals surface area contributed by atoms with Crippen LogP contribution in [-0.2, 0) is 4.79 Å². The summed E-state index contributed by atoms with van der Waals surface area (Å²) in [5.41, 5.74) is 0. The summed E-state index contributed by atoms with van der Waals surface area (Å²) in [5.74, 6) is -0.0249. The van der Waals surface area contributed by atoms with Crippen LogP contribution in [0.25, 0.3) is 0 Å². The molecule has 0 heterocycles. The number of rotatable bonds is 2. The Labute approximate surface area is 48.1 Å². The normalized spacial score (nSPS) is 11.1. The largest absolute Gasteiger partial charge is 0.516 e. The van der Waals surface area contributed by atoms with E-state index in [1.54, 1.807) is 0 Å². The minimum Gasteiger partial charge on any atom is -0.516 e. The van der Waals surface area contributed by atoms with E-state index in [-0.39, 0.29) is 5.78 Å². The van der Waals surface area contributed by atoms with E-state index in [1.807, 2.05) is 0 Å². The highest BCUT2D eigenvalue weighted by atomic mass is 16.2. The van der Waals surface area contributed by atoms with E-state index in [0.717, 1.165) is 6.26 Å². The minimum atomic E-state index is -0.0249. The molecule has 44 valence electrons. The van der Waals surface area contributed by atoms with Gasteiger partial charge in [0.05, 0.1) is 6.26 Å². The fourth-order valence-corrected chi connectivity index (χ4v) is 0.241. The first-order valence-corrected chi connectivity index (χ1v) is 2.25. The van der Waals surface area contributed by atoms with Crippen LogP contribution in [0.4, 0.5) is 0 Å². The van der Waals surface area contributed by atoms with Crippen LogP contribution < -0.4 is 0 Å². The topological polar surface area (TPSA) is 37.3 Å². The number of carbonyl (C=O) groups excluding carboxylic acids is 1. The second-order valence-electron chi connectivity index (χ2n) is 1.31. The summed E-state index contributed by atoms with van der Waals surface area (Å²) >= 11 is 0. The molecule has 0 unspecified atom stereocenters. The van der Waals surface area contributed by atoms with E-state index < -0.39 is 0 Å². The van der Waals surface area contributed by atoms with Crippen LogP contribution in [-0.4, -0.2) is 10.9 Å². The highest BCUT2D eigenvalue weighted by Crippen LogP contribution is 1.75. The van der Waals surface area contributed by atoms with Gasteiger partial charge in [-0.2, -0.15) is 0 Å². The molecular weight excluding hydrogens is 104 g/mol. The third-order valence-electron chi connectivity index (χ3n) is 0.528. The Balaban J connectivity index is 3.50. The number of ketones is 1. The molecule has 0 atom stereocenters. The molecule has 0 saturated carbocycles. The first kappa shape index (κ1) is 6.95. The highest BCUT2D eigenvalue weighted by Gasteiger charge is 1.75. The number of allylic oxidation sites excluding steroid dienone is 3. The molecule has 8 heavy (non-hydrogen) atoms. The Morgan fingerprint density at radius 1 is 1.50 bits per heavy atom. The summed E-state index contributed by atoms with van der Waals surface area (Å²) in [5, 5.41) is 8.04. The number of hydrogen-bond acceptors (Lipinski definition) is 2. The van der Waals surface area contributed by atoms with Crippen molar-refractivity contribution in [3.63, 3.8) is 0 Å². The van der Waals surface area contributed by atoms with Crippen molar-refractivity contribution >= 4 is 5.78 Å². The molecule has 2 nitrogen and oxygen atoms in total. The van der Waals surface area contributed by atoms with Crippen LogP contribution in [0.15, 0.2) is 24.5 Å². The lowest BCUT2D eigenvalue weighted by atomic mass is 10.4. The molecule has 0 bridgehead atoms. The maximum atomic E-state index is 10.1. The lowest BCUT2D eigenvalue weighted by Gasteiger charge is -1.71. The zero-order valence-electron chi connectivity index (χ0n) is 4.66. The van der Waals surface area contributed by atoms with Gasteiger partial charge >= 0.3 is 0 Å². The second-order valence-corrected chi connectivity index (χ2v) is 1.31. The third kappa shape index (κ3) is 4.95. The number of carbonyl (C=O) groups is 1. The van der Waals surface area contributed by atoms with E-state index in [1.165, 1.54) is 25.2 Å². The molecule has 0 fully saturated rings. The summed E-state index contributed by atoms with van der Waals surface area (Å²) < 4.78 is 0. The van der Waals surface area contributed by atoms with Crippen molar-refractivity contribution < 1.29 is 9.90 Å². The van der Waals surface area contributed by atoms with Crippen molar-refractivity contribution in [2.24, 2.45) is 0 Å². The van der Waals surface area contributed by atoms with E-state index >= 15 is 0 Å². The van der Waals surface area contributed by atoms with Crippen molar-refractivity contribution in [1.29, 1.82) is 0 Å². The monoisotopic (exact) mass is 112 g/mol. The summed E-state index contributed by atoms with van der Waals surface area (Å²) in [6, 6.07) is 0. The predicted molar refractivity (Wildman–Crippen MR) is 31.6 cm³/mol. The van der Waals surface area contributed by atoms with Crippen LogP contribution in [0.5, 0.6) is 0 Å². The first-order chi connectivity index (χ1) is 3.77. The molecule has 1 N–H and O–H groups in total. The van der Waals surface area contributed by atoms with Gasteiger partial charge in [0.15, 0.2) is 5.78 Å². The number of aliphatic hydroxyl groups excluding tert-OH is 1. The van der Waals surface area contributed by atoms with E-state index in [0.29, 0.717) is 0 Å². The van der Waals surface area contributed by atoms with Gasteiger partial charge in [-0.15, -0.1) is 0 Å². The highest BCUT2D eigenvalue weighted by molar-refractivity contribution is 5.87. The van der Waals surface area contributed by atoms with E-state index in [9.17, 15) is 4.79 Å². The van der Waals surface area contributed by atoms with Crippen LogP contribution in [0, 0.1) is 0 Å². The molecule has 0 aromatic carbocycles. The van der Waals surface area contributed by atoms with Crippen molar-refractivity contribution in [1.82, 2.24) is 0 Å². The number of hydrogen-bond donors (Lipinski definition) is 1. The SMILES string of the molecule is CC(=O)C=CC=CO. The Hall–Kier alpha value is -1.05. The van der Waals surface area contributed by atoms with Gasteiger partial charge in [-0.1, -0.05) is 6.08 Å². The summed E-state index contributed by atoms with van der Waals surface area (Å²) in [4.78, 5) is 10.1. The smallest absolute Gasteiger partial charge is 0.152 e. The lowest BCUT2D eigenvalue weighted by Crippen LogP contribution is -1.77. The predicted octanol–water partition coefficient (Wildman–Crippen LogP) is 1.20.